The lowest BCUT2D eigenvalue weighted by Crippen LogP contribution is -2.57. The summed E-state index contributed by atoms with van der Waals surface area (Å²) in [5, 5.41) is 14.9. The van der Waals surface area contributed by atoms with Gasteiger partial charge in [-0.15, -0.1) is 0 Å². The number of rotatable bonds is 7. The molecule has 1 atom stereocenters. The van der Waals surface area contributed by atoms with Crippen molar-refractivity contribution in [3.8, 4) is 5.75 Å². The van der Waals surface area contributed by atoms with Crippen LogP contribution in [0.5, 0.6) is 5.75 Å². The molecule has 1 aliphatic rings. The normalized spacial score (nSPS) is 20.1. The standard InChI is InChI=1S/C20H26FN3O4/c1-14-9-17(28-22-14)12-23(2)13-20(26)7-4-8-24(19(20)25)11-15-10-16(27-3)5-6-18(15)21/h5-6,9-10,26H,4,7-8,11-13H2,1-3H3/t20-/m0/s1. The molecule has 2 aromatic rings. The molecule has 0 saturated carbocycles. The molecule has 0 unspecified atom stereocenters. The minimum Gasteiger partial charge on any atom is -0.497 e. The first-order chi connectivity index (χ1) is 13.3. The zero-order valence-electron chi connectivity index (χ0n) is 16.4. The molecule has 1 aromatic heterocycles. The summed E-state index contributed by atoms with van der Waals surface area (Å²) < 4.78 is 24.5. The summed E-state index contributed by atoms with van der Waals surface area (Å²) in [5.74, 6) is 0.405. The van der Waals surface area contributed by atoms with Crippen molar-refractivity contribution >= 4 is 5.91 Å². The van der Waals surface area contributed by atoms with Crippen LogP contribution in [-0.2, 0) is 17.9 Å². The number of hydrogen-bond acceptors (Lipinski definition) is 6. The van der Waals surface area contributed by atoms with E-state index < -0.39 is 11.4 Å². The summed E-state index contributed by atoms with van der Waals surface area (Å²) >= 11 is 0. The van der Waals surface area contributed by atoms with Gasteiger partial charge in [0.05, 0.1) is 19.3 Å². The van der Waals surface area contributed by atoms with Crippen LogP contribution in [0.1, 0.15) is 29.9 Å². The Morgan fingerprint density at radius 1 is 1.43 bits per heavy atom. The Labute approximate surface area is 163 Å². The number of aromatic nitrogens is 1. The molecule has 0 spiro atoms. The number of carbonyl (C=O) groups excluding carboxylic acids is 1. The molecule has 0 radical (unpaired) electrons. The van der Waals surface area contributed by atoms with Gasteiger partial charge in [0.2, 0.25) is 0 Å². The lowest BCUT2D eigenvalue weighted by Gasteiger charge is -2.40. The number of halogens is 1. The minimum atomic E-state index is -1.52. The van der Waals surface area contributed by atoms with Gasteiger partial charge in [0.15, 0.2) is 11.4 Å². The van der Waals surface area contributed by atoms with Crippen LogP contribution in [-0.4, -0.2) is 58.8 Å². The third-order valence-electron chi connectivity index (χ3n) is 4.95. The molecule has 2 heterocycles. The van der Waals surface area contributed by atoms with Gasteiger partial charge in [-0.1, -0.05) is 5.16 Å². The fraction of sp³-hybridized carbons (Fsp3) is 0.500. The number of aliphatic hydroxyl groups is 1. The van der Waals surface area contributed by atoms with Crippen LogP contribution in [0.25, 0.3) is 0 Å². The molecule has 1 aromatic carbocycles. The molecule has 7 nitrogen and oxygen atoms in total. The van der Waals surface area contributed by atoms with E-state index in [1.807, 2.05) is 24.9 Å². The molecule has 1 amide bonds. The summed E-state index contributed by atoms with van der Waals surface area (Å²) in [5.41, 5.74) is -0.373. The molecule has 1 fully saturated rings. The van der Waals surface area contributed by atoms with E-state index in [1.165, 1.54) is 24.1 Å². The van der Waals surface area contributed by atoms with Crippen molar-refractivity contribution < 1.29 is 23.6 Å². The van der Waals surface area contributed by atoms with Gasteiger partial charge in [-0.05, 0) is 45.0 Å². The predicted octanol–water partition coefficient (Wildman–Crippen LogP) is 2.12. The second kappa shape index (κ2) is 8.28. The summed E-state index contributed by atoms with van der Waals surface area (Å²) in [7, 11) is 3.32. The first-order valence-corrected chi connectivity index (χ1v) is 9.25. The van der Waals surface area contributed by atoms with Crippen molar-refractivity contribution in [3.63, 3.8) is 0 Å². The summed E-state index contributed by atoms with van der Waals surface area (Å²) in [4.78, 5) is 16.3. The van der Waals surface area contributed by atoms with E-state index in [1.54, 1.807) is 6.07 Å². The third kappa shape index (κ3) is 4.51. The van der Waals surface area contributed by atoms with Gasteiger partial charge in [0.25, 0.3) is 5.91 Å². The van der Waals surface area contributed by atoms with Gasteiger partial charge in [0, 0.05) is 31.3 Å². The molecule has 1 N–H and O–H groups in total. The number of aryl methyl sites for hydroxylation is 1. The van der Waals surface area contributed by atoms with Crippen LogP contribution in [0.15, 0.2) is 28.8 Å². The number of likely N-dealkylation sites (N-methyl/N-ethyl adjacent to an activating group) is 1. The number of benzene rings is 1. The van der Waals surface area contributed by atoms with Crippen molar-refractivity contribution in [3.05, 3.63) is 47.1 Å². The lowest BCUT2D eigenvalue weighted by atomic mass is 9.90. The van der Waals surface area contributed by atoms with Crippen LogP contribution in [0.4, 0.5) is 4.39 Å². The van der Waals surface area contributed by atoms with E-state index in [0.29, 0.717) is 43.0 Å². The number of amides is 1. The SMILES string of the molecule is COc1ccc(F)c(CN2CCC[C@](O)(CN(C)Cc3cc(C)no3)C2=O)c1. The van der Waals surface area contributed by atoms with Crippen LogP contribution in [0, 0.1) is 12.7 Å². The quantitative estimate of drug-likeness (QED) is 0.779. The van der Waals surface area contributed by atoms with Crippen LogP contribution in [0.2, 0.25) is 0 Å². The van der Waals surface area contributed by atoms with E-state index >= 15 is 0 Å². The number of carbonyl (C=O) groups is 1. The number of likely N-dealkylation sites (tertiary alicyclic amines) is 1. The Hall–Kier alpha value is -2.45. The second-order valence-electron chi connectivity index (χ2n) is 7.43. The minimum absolute atomic E-state index is 0.0924. The van der Waals surface area contributed by atoms with Crippen molar-refractivity contribution in [1.82, 2.24) is 15.0 Å². The number of ether oxygens (including phenoxy) is 1. The average molecular weight is 391 g/mol. The highest BCUT2D eigenvalue weighted by molar-refractivity contribution is 5.86. The van der Waals surface area contributed by atoms with E-state index in [4.69, 9.17) is 9.26 Å². The maximum absolute atomic E-state index is 14.2. The smallest absolute Gasteiger partial charge is 0.256 e. The molecule has 28 heavy (non-hydrogen) atoms. The summed E-state index contributed by atoms with van der Waals surface area (Å²) in [6, 6.07) is 6.26. The van der Waals surface area contributed by atoms with Crippen molar-refractivity contribution in [2.75, 3.05) is 27.2 Å². The first-order valence-electron chi connectivity index (χ1n) is 9.25. The lowest BCUT2D eigenvalue weighted by molar-refractivity contribution is -0.160. The van der Waals surface area contributed by atoms with Gasteiger partial charge in [-0.2, -0.15) is 0 Å². The van der Waals surface area contributed by atoms with E-state index in [-0.39, 0.29) is 19.0 Å². The fourth-order valence-electron chi connectivity index (χ4n) is 3.63. The second-order valence-corrected chi connectivity index (χ2v) is 7.43. The van der Waals surface area contributed by atoms with E-state index in [9.17, 15) is 14.3 Å². The number of nitrogens with zero attached hydrogens (tertiary/aromatic N) is 3. The Bertz CT molecular complexity index is 841. The van der Waals surface area contributed by atoms with Crippen molar-refractivity contribution in [2.45, 2.75) is 38.5 Å². The van der Waals surface area contributed by atoms with E-state index in [0.717, 1.165) is 5.69 Å². The molecule has 1 aliphatic heterocycles. The highest BCUT2D eigenvalue weighted by atomic mass is 19.1. The zero-order valence-corrected chi connectivity index (χ0v) is 16.4. The molecule has 152 valence electrons. The number of methoxy groups -OCH3 is 1. The highest BCUT2D eigenvalue weighted by Crippen LogP contribution is 2.27. The zero-order chi connectivity index (χ0) is 20.3. The number of piperidine rings is 1. The molecular weight excluding hydrogens is 365 g/mol. The molecular formula is C20H26FN3O4. The average Bonchev–Trinajstić information content (AvgIpc) is 3.05. The molecule has 8 heteroatoms. The molecule has 1 saturated heterocycles. The van der Waals surface area contributed by atoms with Crippen molar-refractivity contribution in [1.29, 1.82) is 0 Å². The van der Waals surface area contributed by atoms with Crippen LogP contribution >= 0.6 is 0 Å². The summed E-state index contributed by atoms with van der Waals surface area (Å²) in [6.07, 6.45) is 1.01. The van der Waals surface area contributed by atoms with Gasteiger partial charge in [-0.25, -0.2) is 4.39 Å². The van der Waals surface area contributed by atoms with Gasteiger partial charge >= 0.3 is 0 Å². The van der Waals surface area contributed by atoms with Crippen LogP contribution < -0.4 is 4.74 Å². The Kier molecular flexibility index (Phi) is 6.00. The molecule has 3 rings (SSSR count). The predicted molar refractivity (Wildman–Crippen MR) is 100 cm³/mol. The van der Waals surface area contributed by atoms with Crippen molar-refractivity contribution in [2.24, 2.45) is 0 Å². The van der Waals surface area contributed by atoms with E-state index in [2.05, 4.69) is 5.16 Å². The monoisotopic (exact) mass is 391 g/mol. The van der Waals surface area contributed by atoms with Gasteiger partial charge in [-0.3, -0.25) is 9.69 Å². The fourth-order valence-corrected chi connectivity index (χ4v) is 3.63. The maximum atomic E-state index is 14.2. The van der Waals surface area contributed by atoms with Crippen LogP contribution in [0.3, 0.4) is 0 Å². The third-order valence-corrected chi connectivity index (χ3v) is 4.95. The Morgan fingerprint density at radius 2 is 2.21 bits per heavy atom. The Balaban J connectivity index is 1.68. The largest absolute Gasteiger partial charge is 0.497 e. The van der Waals surface area contributed by atoms with Gasteiger partial charge in [0.1, 0.15) is 11.6 Å². The molecule has 0 bridgehead atoms. The first kappa shape index (κ1) is 20.3. The highest BCUT2D eigenvalue weighted by Gasteiger charge is 2.43. The topological polar surface area (TPSA) is 79.0 Å². The number of hydrogen-bond donors (Lipinski definition) is 1. The Morgan fingerprint density at radius 3 is 2.89 bits per heavy atom. The molecule has 0 aliphatic carbocycles. The summed E-state index contributed by atoms with van der Waals surface area (Å²) in [6.45, 7) is 2.99. The maximum Gasteiger partial charge on any atom is 0.256 e. The van der Waals surface area contributed by atoms with Gasteiger partial charge < -0.3 is 19.3 Å².